The van der Waals surface area contributed by atoms with Crippen LogP contribution in [-0.2, 0) is 27.5 Å². The number of aromatic nitrogens is 1. The molecule has 0 saturated carbocycles. The minimum Gasteiger partial charge on any atom is -0.480 e. The van der Waals surface area contributed by atoms with Crippen molar-refractivity contribution in [3.8, 4) is 0 Å². The van der Waals surface area contributed by atoms with Crippen LogP contribution in [0.25, 0.3) is 10.9 Å². The van der Waals surface area contributed by atoms with Crippen molar-refractivity contribution in [3.05, 3.63) is 62.7 Å². The quantitative estimate of drug-likeness (QED) is 0.506. The third-order valence-corrected chi connectivity index (χ3v) is 9.59. The number of aliphatic carboxylic acids is 1. The summed E-state index contributed by atoms with van der Waals surface area (Å²) in [5.74, 6) is -2.02. The number of carboxylic acid groups (broad SMARTS) is 1. The number of fused-ring (bicyclic) bond motifs is 3. The number of rotatable bonds is 4. The normalized spacial score (nSPS) is 18.7. The molecule has 1 aliphatic carbocycles. The highest BCUT2D eigenvalue weighted by molar-refractivity contribution is 7.93. The second-order valence-electron chi connectivity index (χ2n) is 7.70. The zero-order valence-electron chi connectivity index (χ0n) is 15.9. The van der Waals surface area contributed by atoms with Crippen LogP contribution < -0.4 is 0 Å². The minimum atomic E-state index is -4.26. The Labute approximate surface area is 188 Å². The Morgan fingerprint density at radius 1 is 1.13 bits per heavy atom. The number of aryl methyl sites for hydroxylation is 1. The van der Waals surface area contributed by atoms with Crippen molar-refractivity contribution >= 4 is 61.5 Å². The molecule has 2 atom stereocenters. The molecule has 0 radical (unpaired) electrons. The monoisotopic (exact) mass is 485 g/mol. The summed E-state index contributed by atoms with van der Waals surface area (Å²) in [7, 11) is -4.26. The van der Waals surface area contributed by atoms with Crippen LogP contribution >= 0.6 is 34.8 Å². The lowest BCUT2D eigenvalue weighted by Gasteiger charge is -2.36. The molecule has 1 aromatic heterocycles. The predicted molar refractivity (Wildman–Crippen MR) is 119 cm³/mol. The molecular formula is C21H18Cl3NO4S. The number of nitrogens with one attached hydrogen (secondary N) is 1. The van der Waals surface area contributed by atoms with Gasteiger partial charge >= 0.3 is 5.97 Å². The summed E-state index contributed by atoms with van der Waals surface area (Å²) >= 11 is 18.0. The van der Waals surface area contributed by atoms with E-state index in [1.165, 1.54) is 25.1 Å². The van der Waals surface area contributed by atoms with E-state index < -0.39 is 26.5 Å². The summed E-state index contributed by atoms with van der Waals surface area (Å²) in [5, 5.41) is 11.9. The lowest BCUT2D eigenvalue weighted by Crippen LogP contribution is -2.51. The molecule has 0 fully saturated rings. The molecule has 0 spiro atoms. The molecule has 0 saturated heterocycles. The molecule has 3 aromatic rings. The molecule has 4 rings (SSSR count). The number of sulfone groups is 1. The molecule has 1 aliphatic rings. The molecule has 2 N–H and O–H groups in total. The Hall–Kier alpha value is -1.73. The average Bonchev–Trinajstić information content (AvgIpc) is 3.05. The van der Waals surface area contributed by atoms with Crippen LogP contribution in [0.5, 0.6) is 0 Å². The maximum absolute atomic E-state index is 13.5. The number of carboxylic acids is 1. The highest BCUT2D eigenvalue weighted by Gasteiger charge is 2.54. The van der Waals surface area contributed by atoms with Gasteiger partial charge in [-0.25, -0.2) is 8.42 Å². The smallest absolute Gasteiger partial charge is 0.325 e. The lowest BCUT2D eigenvalue weighted by molar-refractivity contribution is -0.141. The fraction of sp³-hybridized carbons (Fsp3) is 0.286. The van der Waals surface area contributed by atoms with Crippen LogP contribution in [0.1, 0.15) is 24.6 Å². The zero-order chi connectivity index (χ0) is 21.8. The maximum Gasteiger partial charge on any atom is 0.325 e. The second-order valence-corrected chi connectivity index (χ2v) is 11.3. The van der Waals surface area contributed by atoms with E-state index >= 15 is 0 Å². The van der Waals surface area contributed by atoms with Gasteiger partial charge in [-0.05, 0) is 74.1 Å². The van der Waals surface area contributed by atoms with Gasteiger partial charge in [0.15, 0.2) is 14.6 Å². The molecule has 0 amide bonds. The van der Waals surface area contributed by atoms with E-state index in [1.807, 2.05) is 12.1 Å². The summed E-state index contributed by atoms with van der Waals surface area (Å²) < 4.78 is 24.9. The van der Waals surface area contributed by atoms with E-state index in [0.29, 0.717) is 24.3 Å². The van der Waals surface area contributed by atoms with Crippen LogP contribution in [0.4, 0.5) is 0 Å². The van der Waals surface area contributed by atoms with Gasteiger partial charge in [0.05, 0.1) is 14.9 Å². The van der Waals surface area contributed by atoms with Crippen LogP contribution in [0.15, 0.2) is 41.3 Å². The van der Waals surface area contributed by atoms with Crippen molar-refractivity contribution in [2.24, 2.45) is 5.92 Å². The van der Waals surface area contributed by atoms with Crippen molar-refractivity contribution < 1.29 is 18.3 Å². The first-order valence-electron chi connectivity index (χ1n) is 9.27. The predicted octanol–water partition coefficient (Wildman–Crippen LogP) is 5.55. The van der Waals surface area contributed by atoms with E-state index in [1.54, 1.807) is 6.07 Å². The molecule has 9 heteroatoms. The van der Waals surface area contributed by atoms with Gasteiger partial charge in [0, 0.05) is 21.6 Å². The minimum absolute atomic E-state index is 0.0592. The summed E-state index contributed by atoms with van der Waals surface area (Å²) in [6, 6.07) is 9.38. The van der Waals surface area contributed by atoms with Gasteiger partial charge in [-0.2, -0.15) is 0 Å². The summed E-state index contributed by atoms with van der Waals surface area (Å²) in [6.45, 7) is 1.28. The van der Waals surface area contributed by atoms with Crippen LogP contribution in [0.3, 0.4) is 0 Å². The topological polar surface area (TPSA) is 87.2 Å². The summed E-state index contributed by atoms with van der Waals surface area (Å²) in [6.07, 6.45) is 1.26. The van der Waals surface area contributed by atoms with E-state index in [9.17, 15) is 18.3 Å². The molecule has 30 heavy (non-hydrogen) atoms. The SMILES string of the molecule is CC(C(=O)O)(C1CCc2c([nH]c3ccc(Cl)cc23)C1)S(=O)(=O)c1ccc(Cl)c(Cl)c1. The number of benzene rings is 2. The number of halogens is 3. The number of hydrogen-bond acceptors (Lipinski definition) is 3. The molecular weight excluding hydrogens is 469 g/mol. The molecule has 2 unspecified atom stereocenters. The second kappa shape index (κ2) is 7.45. The van der Waals surface area contributed by atoms with Gasteiger partial charge in [0.25, 0.3) is 0 Å². The first-order valence-corrected chi connectivity index (χ1v) is 11.9. The van der Waals surface area contributed by atoms with Crippen molar-refractivity contribution in [3.63, 3.8) is 0 Å². The van der Waals surface area contributed by atoms with Gasteiger partial charge in [-0.3, -0.25) is 4.79 Å². The lowest BCUT2D eigenvalue weighted by atomic mass is 9.79. The number of carbonyl (C=O) groups is 1. The van der Waals surface area contributed by atoms with Gasteiger partial charge < -0.3 is 10.1 Å². The Bertz CT molecular complexity index is 1280. The molecule has 0 bridgehead atoms. The van der Waals surface area contributed by atoms with Crippen LogP contribution in [0.2, 0.25) is 15.1 Å². The number of aromatic amines is 1. The summed E-state index contributed by atoms with van der Waals surface area (Å²) in [5.41, 5.74) is 2.80. The Kier molecular flexibility index (Phi) is 5.34. The van der Waals surface area contributed by atoms with Crippen molar-refractivity contribution in [1.29, 1.82) is 0 Å². The fourth-order valence-corrected chi connectivity index (χ4v) is 6.69. The summed E-state index contributed by atoms with van der Waals surface area (Å²) in [4.78, 5) is 15.5. The van der Waals surface area contributed by atoms with E-state index in [2.05, 4.69) is 4.98 Å². The first-order chi connectivity index (χ1) is 14.1. The number of H-pyrrole nitrogens is 1. The van der Waals surface area contributed by atoms with Gasteiger partial charge in [0.1, 0.15) is 0 Å². The van der Waals surface area contributed by atoms with Crippen molar-refractivity contribution in [1.82, 2.24) is 4.98 Å². The average molecular weight is 487 g/mol. The molecule has 2 aromatic carbocycles. The Balaban J connectivity index is 1.79. The molecule has 158 valence electrons. The van der Waals surface area contributed by atoms with Crippen molar-refractivity contribution in [2.75, 3.05) is 0 Å². The van der Waals surface area contributed by atoms with Crippen molar-refractivity contribution in [2.45, 2.75) is 35.8 Å². The molecule has 5 nitrogen and oxygen atoms in total. The Morgan fingerprint density at radius 2 is 1.87 bits per heavy atom. The highest BCUT2D eigenvalue weighted by Crippen LogP contribution is 2.43. The molecule has 1 heterocycles. The highest BCUT2D eigenvalue weighted by atomic mass is 35.5. The van der Waals surface area contributed by atoms with E-state index in [0.717, 1.165) is 22.2 Å². The molecule has 0 aliphatic heterocycles. The third kappa shape index (κ3) is 3.21. The van der Waals surface area contributed by atoms with Gasteiger partial charge in [-0.1, -0.05) is 34.8 Å². The van der Waals surface area contributed by atoms with Crippen LogP contribution in [-0.4, -0.2) is 29.2 Å². The van der Waals surface area contributed by atoms with E-state index in [4.69, 9.17) is 34.8 Å². The Morgan fingerprint density at radius 3 is 2.53 bits per heavy atom. The van der Waals surface area contributed by atoms with Gasteiger partial charge in [0.2, 0.25) is 0 Å². The fourth-order valence-electron chi connectivity index (χ4n) is 4.27. The zero-order valence-corrected chi connectivity index (χ0v) is 19.0. The first kappa shape index (κ1) is 21.5. The van der Waals surface area contributed by atoms with Gasteiger partial charge in [-0.15, -0.1) is 0 Å². The largest absolute Gasteiger partial charge is 0.480 e. The third-order valence-electron chi connectivity index (χ3n) is 6.11. The standard InChI is InChI=1S/C21H18Cl3NO4S/c1-21(20(26)27,30(28,29)13-4-6-16(23)17(24)10-13)11-2-5-14-15-9-12(22)3-7-18(15)25-19(14)8-11/h3-4,6-7,9-11,25H,2,5,8H2,1H3,(H,26,27). The van der Waals surface area contributed by atoms with E-state index in [-0.39, 0.29) is 14.9 Å². The maximum atomic E-state index is 13.5. The van der Waals surface area contributed by atoms with Crippen LogP contribution in [0, 0.1) is 5.92 Å². The number of hydrogen-bond donors (Lipinski definition) is 2.